The number of ether oxygens (including phenoxy) is 2. The molecule has 0 unspecified atom stereocenters. The Morgan fingerprint density at radius 2 is 1.78 bits per heavy atom. The summed E-state index contributed by atoms with van der Waals surface area (Å²) >= 11 is 0. The van der Waals surface area contributed by atoms with E-state index in [4.69, 9.17) is 9.47 Å². The van der Waals surface area contributed by atoms with Gasteiger partial charge >= 0.3 is 0 Å². The van der Waals surface area contributed by atoms with E-state index < -0.39 is 10.8 Å². The van der Waals surface area contributed by atoms with Crippen LogP contribution >= 0.6 is 0 Å². The molecule has 1 aromatic rings. The molecular formula is C19H28N2O5S. The number of hydrogen-bond acceptors (Lipinski definition) is 5. The number of benzene rings is 1. The van der Waals surface area contributed by atoms with Crippen molar-refractivity contribution >= 4 is 22.6 Å². The molecule has 1 saturated heterocycles. The Labute approximate surface area is 162 Å². The second kappa shape index (κ2) is 10.3. The van der Waals surface area contributed by atoms with Crippen LogP contribution in [0, 0.1) is 0 Å². The van der Waals surface area contributed by atoms with Crippen LogP contribution in [0.25, 0.3) is 0 Å². The van der Waals surface area contributed by atoms with Crippen LogP contribution < -0.4 is 14.8 Å². The fourth-order valence-corrected chi connectivity index (χ4v) is 4.22. The molecule has 7 nitrogen and oxygen atoms in total. The normalized spacial score (nSPS) is 19.2. The summed E-state index contributed by atoms with van der Waals surface area (Å²) in [5.41, 5.74) is 0.408. The molecule has 0 saturated carbocycles. The second-order valence-electron chi connectivity index (χ2n) is 6.29. The van der Waals surface area contributed by atoms with Crippen molar-refractivity contribution in [3.63, 3.8) is 0 Å². The highest BCUT2D eigenvalue weighted by Crippen LogP contribution is 2.28. The third-order valence-electron chi connectivity index (χ3n) is 4.50. The molecule has 2 rings (SSSR count). The van der Waals surface area contributed by atoms with Crippen molar-refractivity contribution in [1.29, 1.82) is 0 Å². The zero-order valence-corrected chi connectivity index (χ0v) is 17.0. The van der Waals surface area contributed by atoms with Gasteiger partial charge in [0.1, 0.15) is 0 Å². The summed E-state index contributed by atoms with van der Waals surface area (Å²) in [6, 6.07) is 5.05. The molecule has 1 aromatic carbocycles. The Kier molecular flexibility index (Phi) is 8.09. The second-order valence-corrected chi connectivity index (χ2v) is 7.99. The molecule has 150 valence electrons. The van der Waals surface area contributed by atoms with Crippen LogP contribution in [-0.4, -0.2) is 65.3 Å². The van der Waals surface area contributed by atoms with Crippen LogP contribution in [0.2, 0.25) is 0 Å². The van der Waals surface area contributed by atoms with Gasteiger partial charge < -0.3 is 19.7 Å². The van der Waals surface area contributed by atoms with E-state index in [2.05, 4.69) is 5.32 Å². The highest BCUT2D eigenvalue weighted by molar-refractivity contribution is 7.85. The van der Waals surface area contributed by atoms with E-state index in [-0.39, 0.29) is 24.4 Å². The molecule has 0 atom stereocenters. The van der Waals surface area contributed by atoms with Gasteiger partial charge in [0, 0.05) is 41.0 Å². The Balaban J connectivity index is 1.93. The topological polar surface area (TPSA) is 84.9 Å². The molecule has 1 N–H and O–H groups in total. The van der Waals surface area contributed by atoms with E-state index >= 15 is 0 Å². The first-order valence-corrected chi connectivity index (χ1v) is 10.7. The molecule has 0 spiro atoms. The number of carbonyl (C=O) groups excluding carboxylic acids is 2. The van der Waals surface area contributed by atoms with Crippen LogP contribution in [0.4, 0.5) is 0 Å². The highest BCUT2D eigenvalue weighted by atomic mass is 32.2. The summed E-state index contributed by atoms with van der Waals surface area (Å²) < 4.78 is 22.5. The Morgan fingerprint density at radius 3 is 2.41 bits per heavy atom. The van der Waals surface area contributed by atoms with Gasteiger partial charge in [0.25, 0.3) is 5.91 Å². The summed E-state index contributed by atoms with van der Waals surface area (Å²) in [6.07, 6.45) is 1.47. The molecule has 27 heavy (non-hydrogen) atoms. The maximum Gasteiger partial charge on any atom is 0.251 e. The van der Waals surface area contributed by atoms with Crippen LogP contribution in [0.3, 0.4) is 0 Å². The van der Waals surface area contributed by atoms with Gasteiger partial charge in [-0.25, -0.2) is 0 Å². The van der Waals surface area contributed by atoms with Crippen molar-refractivity contribution in [2.45, 2.75) is 32.7 Å². The van der Waals surface area contributed by atoms with Gasteiger partial charge in [0.15, 0.2) is 11.5 Å². The highest BCUT2D eigenvalue weighted by Gasteiger charge is 2.25. The maximum atomic E-state index is 12.4. The fourth-order valence-electron chi connectivity index (χ4n) is 2.95. The van der Waals surface area contributed by atoms with E-state index in [9.17, 15) is 13.8 Å². The van der Waals surface area contributed by atoms with Crippen molar-refractivity contribution in [2.75, 3.05) is 38.3 Å². The molecule has 1 fully saturated rings. The van der Waals surface area contributed by atoms with E-state index in [0.717, 1.165) is 12.8 Å². The van der Waals surface area contributed by atoms with Crippen molar-refractivity contribution in [3.05, 3.63) is 23.8 Å². The smallest absolute Gasteiger partial charge is 0.251 e. The number of amides is 2. The Hall–Kier alpha value is -2.09. The number of rotatable bonds is 8. The lowest BCUT2D eigenvalue weighted by molar-refractivity contribution is -0.131. The number of likely N-dealkylation sites (N-methyl/N-ethyl adjacent to an activating group) is 1. The first-order chi connectivity index (χ1) is 13.0. The van der Waals surface area contributed by atoms with E-state index in [0.29, 0.717) is 41.8 Å². The van der Waals surface area contributed by atoms with Crippen LogP contribution in [-0.2, 0) is 15.6 Å². The molecule has 0 aromatic heterocycles. The molecule has 1 aliphatic heterocycles. The van der Waals surface area contributed by atoms with Gasteiger partial charge in [0.05, 0.1) is 19.8 Å². The summed E-state index contributed by atoms with van der Waals surface area (Å²) in [7, 11) is 0.969. The number of hydrogen-bond donors (Lipinski definition) is 1. The van der Waals surface area contributed by atoms with E-state index in [1.54, 1.807) is 30.1 Å². The molecule has 1 heterocycles. The molecular weight excluding hydrogens is 368 g/mol. The van der Waals surface area contributed by atoms with Gasteiger partial charge in [-0.1, -0.05) is 0 Å². The quantitative estimate of drug-likeness (QED) is 0.721. The lowest BCUT2D eigenvalue weighted by Crippen LogP contribution is -2.45. The molecule has 0 bridgehead atoms. The first-order valence-electron chi connectivity index (χ1n) is 9.24. The molecule has 2 amide bonds. The van der Waals surface area contributed by atoms with E-state index in [1.165, 1.54) is 0 Å². The fraction of sp³-hybridized carbons (Fsp3) is 0.579. The number of carbonyl (C=O) groups is 2. The van der Waals surface area contributed by atoms with E-state index in [1.807, 2.05) is 13.8 Å². The number of nitrogens with zero attached hydrogens (tertiary/aromatic N) is 1. The van der Waals surface area contributed by atoms with Crippen LogP contribution in [0.15, 0.2) is 18.2 Å². The predicted octanol–water partition coefficient (Wildman–Crippen LogP) is 1.58. The van der Waals surface area contributed by atoms with Gasteiger partial charge in [-0.05, 0) is 44.9 Å². The maximum absolute atomic E-state index is 12.4. The molecule has 0 aliphatic carbocycles. The van der Waals surface area contributed by atoms with Crippen molar-refractivity contribution in [2.24, 2.45) is 0 Å². The minimum Gasteiger partial charge on any atom is -0.490 e. The predicted molar refractivity (Wildman–Crippen MR) is 105 cm³/mol. The van der Waals surface area contributed by atoms with Crippen LogP contribution in [0.1, 0.15) is 37.0 Å². The molecule has 1 aliphatic rings. The minimum atomic E-state index is -0.764. The SMILES string of the molecule is CCOc1ccc(C(=O)NCC(=O)N(C)C2CCS(=O)CC2)cc1OCC. The van der Waals surface area contributed by atoms with Crippen molar-refractivity contribution in [3.8, 4) is 11.5 Å². The largest absolute Gasteiger partial charge is 0.490 e. The summed E-state index contributed by atoms with van der Waals surface area (Å²) in [4.78, 5) is 26.4. The average Bonchev–Trinajstić information content (AvgIpc) is 2.67. The number of nitrogens with one attached hydrogen (secondary N) is 1. The monoisotopic (exact) mass is 396 g/mol. The van der Waals surface area contributed by atoms with Gasteiger partial charge in [-0.15, -0.1) is 0 Å². The summed E-state index contributed by atoms with van der Waals surface area (Å²) in [5, 5.41) is 2.66. The first kappa shape index (κ1) is 21.2. The van der Waals surface area contributed by atoms with Crippen molar-refractivity contribution in [1.82, 2.24) is 10.2 Å². The third kappa shape index (κ3) is 5.95. The lowest BCUT2D eigenvalue weighted by atomic mass is 10.1. The molecule has 8 heteroatoms. The minimum absolute atomic E-state index is 0.0773. The van der Waals surface area contributed by atoms with Gasteiger partial charge in [0.2, 0.25) is 5.91 Å². The lowest BCUT2D eigenvalue weighted by Gasteiger charge is -2.31. The van der Waals surface area contributed by atoms with Crippen LogP contribution in [0.5, 0.6) is 11.5 Å². The Morgan fingerprint density at radius 1 is 1.15 bits per heavy atom. The van der Waals surface area contributed by atoms with Crippen molar-refractivity contribution < 1.29 is 23.3 Å². The summed E-state index contributed by atoms with van der Waals surface area (Å²) in [6.45, 7) is 4.62. The molecule has 0 radical (unpaired) electrons. The zero-order valence-electron chi connectivity index (χ0n) is 16.2. The third-order valence-corrected chi connectivity index (χ3v) is 5.89. The standard InChI is InChI=1S/C19H28N2O5S/c1-4-25-16-7-6-14(12-17(16)26-5-2)19(23)20-13-18(22)21(3)15-8-10-27(24)11-9-15/h6-7,12,15H,4-5,8-11,13H2,1-3H3,(H,20,23). The van der Waals surface area contributed by atoms with Gasteiger partial charge in [-0.2, -0.15) is 0 Å². The summed E-state index contributed by atoms with van der Waals surface area (Å²) in [5.74, 6) is 1.84. The van der Waals surface area contributed by atoms with Gasteiger partial charge in [-0.3, -0.25) is 13.8 Å². The Bertz CT molecular complexity index is 685. The zero-order chi connectivity index (χ0) is 19.8. The average molecular weight is 397 g/mol.